The van der Waals surface area contributed by atoms with Crippen molar-refractivity contribution in [2.75, 3.05) is 18.2 Å². The molecule has 0 N–H and O–H groups in total. The van der Waals surface area contributed by atoms with Crippen molar-refractivity contribution >= 4 is 27.3 Å². The van der Waals surface area contributed by atoms with Crippen LogP contribution in [0.3, 0.4) is 0 Å². The van der Waals surface area contributed by atoms with Gasteiger partial charge in [-0.1, -0.05) is 37.3 Å². The number of anilines is 1. The first-order valence-corrected chi connectivity index (χ1v) is 12.6. The van der Waals surface area contributed by atoms with Crippen molar-refractivity contribution in [2.45, 2.75) is 24.4 Å². The van der Waals surface area contributed by atoms with Gasteiger partial charge in [0.25, 0.3) is 10.0 Å². The molecule has 0 radical (unpaired) electrons. The number of sulfonamides is 1. The molecule has 0 bridgehead atoms. The third kappa shape index (κ3) is 4.47. The third-order valence-electron chi connectivity index (χ3n) is 6.14. The maximum Gasteiger partial charge on any atom is 1.00 e. The Morgan fingerprint density at radius 3 is 2.45 bits per heavy atom. The largest absolute Gasteiger partial charge is 1.00 e. The molecule has 194 valence electrons. The molecule has 0 fully saturated rings. The van der Waals surface area contributed by atoms with Crippen LogP contribution in [-0.4, -0.2) is 28.3 Å². The number of esters is 1. The van der Waals surface area contributed by atoms with Gasteiger partial charge in [-0.3, -0.25) is 0 Å². The number of carbonyl (C=O) groups is 1. The Hall–Kier alpha value is -2.99. The van der Waals surface area contributed by atoms with Gasteiger partial charge < -0.3 is 15.6 Å². The number of fused-ring (bicyclic) bond motifs is 2. The van der Waals surface area contributed by atoms with E-state index >= 15 is 0 Å². The minimum absolute atomic E-state index is 0. The first-order valence-electron chi connectivity index (χ1n) is 11.2. The molecule has 3 aromatic rings. The second-order valence-corrected chi connectivity index (χ2v) is 9.97. The molecule has 3 aromatic carbocycles. The molecule has 0 unspecified atom stereocenters. The molecular formula is C26H21F3NNaO6S. The number of benzene rings is 3. The number of rotatable bonds is 4. The number of carbonyl (C=O) groups excluding carboxylic acids is 1. The maximum atomic E-state index is 14.0. The average molecular weight is 556 g/mol. The number of nitrogens with zero attached hydrogens (tertiary/aromatic N) is 1. The quantitative estimate of drug-likeness (QED) is 0.363. The van der Waals surface area contributed by atoms with Gasteiger partial charge in [0.2, 0.25) is 6.79 Å². The van der Waals surface area contributed by atoms with E-state index < -0.39 is 39.1 Å². The van der Waals surface area contributed by atoms with E-state index in [1.807, 2.05) is 6.92 Å². The normalized spacial score (nSPS) is 15.6. The third-order valence-corrected chi connectivity index (χ3v) is 7.91. The summed E-state index contributed by atoms with van der Waals surface area (Å²) in [5.41, 5.74) is -1.21. The first-order chi connectivity index (χ1) is 17.6. The molecule has 0 saturated heterocycles. The zero-order chi connectivity index (χ0) is 26.5. The van der Waals surface area contributed by atoms with Crippen molar-refractivity contribution in [1.29, 1.82) is 0 Å². The van der Waals surface area contributed by atoms with Gasteiger partial charge in [-0.05, 0) is 47.9 Å². The second kappa shape index (κ2) is 10.3. The van der Waals surface area contributed by atoms with E-state index in [-0.39, 0.29) is 53.8 Å². The van der Waals surface area contributed by atoms with Gasteiger partial charge in [0.15, 0.2) is 17.2 Å². The summed E-state index contributed by atoms with van der Waals surface area (Å²) in [6.45, 7) is 1.85. The average Bonchev–Trinajstić information content (AvgIpc) is 3.35. The molecule has 0 aliphatic carbocycles. The zero-order valence-electron chi connectivity index (χ0n) is 21.6. The molecule has 2 aliphatic heterocycles. The van der Waals surface area contributed by atoms with Crippen LogP contribution in [0, 0.1) is 0 Å². The number of aryl methyl sites for hydroxylation is 1. The summed E-state index contributed by atoms with van der Waals surface area (Å²) in [6, 6.07) is 13.3. The number of alkyl halides is 3. The van der Waals surface area contributed by atoms with Gasteiger partial charge in [-0.2, -0.15) is 13.2 Å². The molecule has 0 aromatic heterocycles. The fraction of sp³-hybridized carbons (Fsp3) is 0.192. The SMILES string of the molecule is CCc1cc(C2=C(C(=O)OC)N(c3ccccc3C(F)(F)F)S(=O)(=O)c3ccccc32)cc2c1OCO2.[H-].[Na+]. The molecule has 0 spiro atoms. The standard InChI is InChI=1S/C26H20F3NO6S.Na.H/c1-3-15-12-16(13-20-24(15)36-14-35-20)22-17-8-4-7-11-21(17)37(32,33)30(23(22)25(31)34-2)19-10-6-5-9-18(19)26(27,28)29;;/h4-13H,3,14H2,1-2H3;;/q;+1;-1. The van der Waals surface area contributed by atoms with Crippen LogP contribution in [0.4, 0.5) is 18.9 Å². The molecule has 5 rings (SSSR count). The fourth-order valence-electron chi connectivity index (χ4n) is 4.55. The van der Waals surface area contributed by atoms with E-state index in [2.05, 4.69) is 0 Å². The number of hydrogen-bond acceptors (Lipinski definition) is 6. The molecule has 2 aliphatic rings. The fourth-order valence-corrected chi connectivity index (χ4v) is 6.27. The van der Waals surface area contributed by atoms with E-state index in [0.29, 0.717) is 27.8 Å². The Morgan fingerprint density at radius 1 is 1.08 bits per heavy atom. The van der Waals surface area contributed by atoms with Gasteiger partial charge in [0.1, 0.15) is 0 Å². The summed E-state index contributed by atoms with van der Waals surface area (Å²) in [4.78, 5) is 13.0. The van der Waals surface area contributed by atoms with Crippen LogP contribution in [-0.2, 0) is 32.2 Å². The predicted molar refractivity (Wildman–Crippen MR) is 129 cm³/mol. The zero-order valence-corrected chi connectivity index (χ0v) is 23.4. The van der Waals surface area contributed by atoms with Crippen LogP contribution >= 0.6 is 0 Å². The van der Waals surface area contributed by atoms with E-state index in [9.17, 15) is 26.4 Å². The van der Waals surface area contributed by atoms with Gasteiger partial charge in [-0.15, -0.1) is 0 Å². The summed E-state index contributed by atoms with van der Waals surface area (Å²) >= 11 is 0. The van der Waals surface area contributed by atoms with Gasteiger partial charge in [0.05, 0.1) is 23.3 Å². The van der Waals surface area contributed by atoms with Crippen LogP contribution in [0.1, 0.15) is 30.6 Å². The van der Waals surface area contributed by atoms with Crippen LogP contribution in [0.2, 0.25) is 0 Å². The maximum absolute atomic E-state index is 14.0. The summed E-state index contributed by atoms with van der Waals surface area (Å²) in [7, 11) is -3.64. The predicted octanol–water partition coefficient (Wildman–Crippen LogP) is 2.25. The number of halogens is 3. The van der Waals surface area contributed by atoms with E-state index in [1.54, 1.807) is 18.2 Å². The van der Waals surface area contributed by atoms with Gasteiger partial charge >= 0.3 is 41.7 Å². The van der Waals surface area contributed by atoms with Crippen molar-refractivity contribution in [3.05, 3.63) is 88.6 Å². The number of para-hydroxylation sites is 1. The monoisotopic (exact) mass is 555 g/mol. The smallest absolute Gasteiger partial charge is 1.00 e. The van der Waals surface area contributed by atoms with Crippen molar-refractivity contribution < 1.29 is 71.6 Å². The number of methoxy groups -OCH3 is 1. The Balaban J connectivity index is 0.00000210. The Bertz CT molecular complexity index is 1580. The minimum Gasteiger partial charge on any atom is -1.00 e. The summed E-state index contributed by atoms with van der Waals surface area (Å²) < 4.78 is 86.3. The van der Waals surface area contributed by atoms with Gasteiger partial charge in [0, 0.05) is 11.1 Å². The van der Waals surface area contributed by atoms with Crippen LogP contribution < -0.4 is 43.3 Å². The molecule has 0 atom stereocenters. The van der Waals surface area contributed by atoms with Gasteiger partial charge in [-0.25, -0.2) is 17.5 Å². The Labute approximate surface area is 240 Å². The van der Waals surface area contributed by atoms with Crippen LogP contribution in [0.25, 0.3) is 5.57 Å². The number of ether oxygens (including phenoxy) is 3. The summed E-state index contributed by atoms with van der Waals surface area (Å²) in [6.07, 6.45) is -4.39. The van der Waals surface area contributed by atoms with Crippen molar-refractivity contribution in [2.24, 2.45) is 0 Å². The first kappa shape index (κ1) is 28.0. The molecule has 0 saturated carbocycles. The van der Waals surface area contributed by atoms with Crippen LogP contribution in [0.15, 0.2) is 71.3 Å². The van der Waals surface area contributed by atoms with E-state index in [0.717, 1.165) is 30.9 Å². The van der Waals surface area contributed by atoms with E-state index in [1.165, 1.54) is 24.3 Å². The number of hydrogen-bond donors (Lipinski definition) is 0. The molecule has 7 nitrogen and oxygen atoms in total. The Kier molecular flexibility index (Phi) is 7.59. The molecule has 2 heterocycles. The molecular weight excluding hydrogens is 534 g/mol. The van der Waals surface area contributed by atoms with Crippen molar-refractivity contribution in [1.82, 2.24) is 0 Å². The van der Waals surface area contributed by atoms with Crippen molar-refractivity contribution in [3.63, 3.8) is 0 Å². The van der Waals surface area contributed by atoms with Crippen LogP contribution in [0.5, 0.6) is 11.5 Å². The van der Waals surface area contributed by atoms with E-state index in [4.69, 9.17) is 14.2 Å². The molecule has 12 heteroatoms. The minimum atomic E-state index is -4.90. The molecule has 38 heavy (non-hydrogen) atoms. The Morgan fingerprint density at radius 2 is 1.76 bits per heavy atom. The topological polar surface area (TPSA) is 82.1 Å². The second-order valence-electron chi connectivity index (χ2n) is 8.22. The summed E-state index contributed by atoms with van der Waals surface area (Å²) in [5.74, 6) is -0.234. The molecule has 0 amide bonds. The van der Waals surface area contributed by atoms with Crippen molar-refractivity contribution in [3.8, 4) is 11.5 Å². The summed E-state index contributed by atoms with van der Waals surface area (Å²) in [5, 5.41) is 0.